The molecule has 0 aromatic heterocycles. The first-order chi connectivity index (χ1) is 11.7. The van der Waals surface area contributed by atoms with Gasteiger partial charge in [0.2, 0.25) is 0 Å². The average Bonchev–Trinajstić information content (AvgIpc) is 3.12. The van der Waals surface area contributed by atoms with Crippen LogP contribution in [0.15, 0.2) is 4.99 Å². The van der Waals surface area contributed by atoms with Gasteiger partial charge in [0.15, 0.2) is 5.96 Å². The number of rotatable bonds is 6. The number of carbonyl (C=O) groups is 1. The van der Waals surface area contributed by atoms with Gasteiger partial charge in [-0.15, -0.1) is 0 Å². The molecule has 2 fully saturated rings. The Morgan fingerprint density at radius 3 is 2.54 bits per heavy atom. The van der Waals surface area contributed by atoms with Crippen molar-refractivity contribution in [1.29, 1.82) is 0 Å². The van der Waals surface area contributed by atoms with E-state index >= 15 is 0 Å². The van der Waals surface area contributed by atoms with Crippen LogP contribution in [0.3, 0.4) is 0 Å². The van der Waals surface area contributed by atoms with Crippen molar-refractivity contribution in [2.45, 2.75) is 64.3 Å². The quantitative estimate of drug-likeness (QED) is 0.444. The van der Waals surface area contributed by atoms with E-state index in [-0.39, 0.29) is 6.09 Å². The maximum atomic E-state index is 11.7. The number of hydrogen-bond acceptors (Lipinski definition) is 3. The summed E-state index contributed by atoms with van der Waals surface area (Å²) in [7, 11) is 1.82. The van der Waals surface area contributed by atoms with E-state index in [4.69, 9.17) is 4.74 Å². The smallest absolute Gasteiger partial charge is 0.409 e. The predicted octanol–water partition coefficient (Wildman–Crippen LogP) is 2.74. The van der Waals surface area contributed by atoms with Crippen molar-refractivity contribution in [3.8, 4) is 0 Å². The molecule has 1 aliphatic carbocycles. The van der Waals surface area contributed by atoms with Gasteiger partial charge in [0.1, 0.15) is 0 Å². The first-order valence-electron chi connectivity index (χ1n) is 9.61. The van der Waals surface area contributed by atoms with E-state index in [2.05, 4.69) is 15.6 Å². The predicted molar refractivity (Wildman–Crippen MR) is 97.3 cm³/mol. The SMILES string of the molecule is CCOC(=O)N1CCC(NC(=NC)NCCCC2CCCC2)CC1. The Balaban J connectivity index is 1.60. The molecule has 0 radical (unpaired) electrons. The Hall–Kier alpha value is -1.46. The maximum Gasteiger partial charge on any atom is 0.409 e. The largest absolute Gasteiger partial charge is 0.450 e. The fourth-order valence-corrected chi connectivity index (χ4v) is 3.71. The van der Waals surface area contributed by atoms with Gasteiger partial charge >= 0.3 is 6.09 Å². The highest BCUT2D eigenvalue weighted by Gasteiger charge is 2.24. The molecule has 1 saturated carbocycles. The van der Waals surface area contributed by atoms with E-state index in [1.165, 1.54) is 38.5 Å². The van der Waals surface area contributed by atoms with Crippen LogP contribution < -0.4 is 10.6 Å². The minimum absolute atomic E-state index is 0.189. The van der Waals surface area contributed by atoms with Crippen LogP contribution in [0.2, 0.25) is 0 Å². The third kappa shape index (κ3) is 6.21. The summed E-state index contributed by atoms with van der Waals surface area (Å²) in [5.41, 5.74) is 0. The molecule has 2 rings (SSSR count). The zero-order valence-corrected chi connectivity index (χ0v) is 15.4. The number of nitrogens with zero attached hydrogens (tertiary/aromatic N) is 2. The molecule has 24 heavy (non-hydrogen) atoms. The average molecular weight is 338 g/mol. The Bertz CT molecular complexity index is 400. The summed E-state index contributed by atoms with van der Waals surface area (Å²) in [5.74, 6) is 1.84. The highest BCUT2D eigenvalue weighted by molar-refractivity contribution is 5.80. The van der Waals surface area contributed by atoms with Crippen LogP contribution in [0.1, 0.15) is 58.3 Å². The summed E-state index contributed by atoms with van der Waals surface area (Å²) in [6.45, 7) is 4.76. The lowest BCUT2D eigenvalue weighted by molar-refractivity contribution is 0.0963. The lowest BCUT2D eigenvalue weighted by Gasteiger charge is -2.32. The molecule has 0 bridgehead atoms. The number of amides is 1. The fraction of sp³-hybridized carbons (Fsp3) is 0.889. The summed E-state index contributed by atoms with van der Waals surface area (Å²) < 4.78 is 5.06. The van der Waals surface area contributed by atoms with Crippen LogP contribution in [0, 0.1) is 5.92 Å². The van der Waals surface area contributed by atoms with Crippen molar-refractivity contribution >= 4 is 12.1 Å². The molecule has 0 spiro atoms. The highest BCUT2D eigenvalue weighted by atomic mass is 16.6. The Morgan fingerprint density at radius 2 is 1.92 bits per heavy atom. The molecule has 0 atom stereocenters. The summed E-state index contributed by atoms with van der Waals surface area (Å²) in [5, 5.41) is 6.91. The number of aliphatic imine (C=N–C) groups is 1. The van der Waals surface area contributed by atoms with Crippen molar-refractivity contribution in [2.24, 2.45) is 10.9 Å². The van der Waals surface area contributed by atoms with Gasteiger partial charge in [-0.25, -0.2) is 4.79 Å². The molecule has 1 saturated heterocycles. The van der Waals surface area contributed by atoms with Gasteiger partial charge in [-0.1, -0.05) is 25.7 Å². The zero-order chi connectivity index (χ0) is 17.2. The summed E-state index contributed by atoms with van der Waals surface area (Å²) >= 11 is 0. The molecule has 1 amide bonds. The van der Waals surface area contributed by atoms with Gasteiger partial charge in [-0.3, -0.25) is 4.99 Å². The first kappa shape index (κ1) is 18.9. The van der Waals surface area contributed by atoms with Gasteiger partial charge in [-0.2, -0.15) is 0 Å². The monoisotopic (exact) mass is 338 g/mol. The normalized spacial score (nSPS) is 20.2. The molecule has 1 heterocycles. The molecule has 0 unspecified atom stereocenters. The van der Waals surface area contributed by atoms with E-state index in [1.54, 1.807) is 4.90 Å². The maximum absolute atomic E-state index is 11.7. The molecule has 2 aliphatic rings. The van der Waals surface area contributed by atoms with Crippen molar-refractivity contribution in [2.75, 3.05) is 33.3 Å². The second kappa shape index (κ2) is 10.4. The van der Waals surface area contributed by atoms with Gasteiger partial charge in [-0.05, 0) is 38.5 Å². The molecule has 0 aromatic carbocycles. The van der Waals surface area contributed by atoms with Gasteiger partial charge in [0.05, 0.1) is 6.61 Å². The molecule has 2 N–H and O–H groups in total. The fourth-order valence-electron chi connectivity index (χ4n) is 3.71. The van der Waals surface area contributed by atoms with E-state index in [9.17, 15) is 4.79 Å². The van der Waals surface area contributed by atoms with Gasteiger partial charge in [0.25, 0.3) is 0 Å². The van der Waals surface area contributed by atoms with E-state index < -0.39 is 0 Å². The molecule has 6 nitrogen and oxygen atoms in total. The highest BCUT2D eigenvalue weighted by Crippen LogP contribution is 2.28. The Kier molecular flexibility index (Phi) is 8.19. The number of hydrogen-bond donors (Lipinski definition) is 2. The lowest BCUT2D eigenvalue weighted by Crippen LogP contribution is -2.50. The molecule has 0 aromatic rings. The van der Waals surface area contributed by atoms with Crippen molar-refractivity contribution in [1.82, 2.24) is 15.5 Å². The van der Waals surface area contributed by atoms with Crippen LogP contribution >= 0.6 is 0 Å². The van der Waals surface area contributed by atoms with Crippen molar-refractivity contribution < 1.29 is 9.53 Å². The lowest BCUT2D eigenvalue weighted by atomic mass is 10.0. The minimum Gasteiger partial charge on any atom is -0.450 e. The third-order valence-electron chi connectivity index (χ3n) is 5.14. The van der Waals surface area contributed by atoms with E-state index in [0.29, 0.717) is 12.6 Å². The molecular formula is C18H34N4O2. The third-order valence-corrected chi connectivity index (χ3v) is 5.14. The first-order valence-corrected chi connectivity index (χ1v) is 9.61. The molecular weight excluding hydrogens is 304 g/mol. The Labute approximate surface area is 146 Å². The standard InChI is InChI=1S/C18H34N4O2/c1-3-24-18(23)22-13-10-16(11-14-22)21-17(19-2)20-12-6-9-15-7-4-5-8-15/h15-16H,3-14H2,1-2H3,(H2,19,20,21). The summed E-state index contributed by atoms with van der Waals surface area (Å²) in [4.78, 5) is 17.8. The second-order valence-electron chi connectivity index (χ2n) is 6.90. The van der Waals surface area contributed by atoms with Gasteiger partial charge < -0.3 is 20.3 Å². The molecule has 6 heteroatoms. The number of piperidine rings is 1. The minimum atomic E-state index is -0.189. The topological polar surface area (TPSA) is 66.0 Å². The Morgan fingerprint density at radius 1 is 1.21 bits per heavy atom. The van der Waals surface area contributed by atoms with Crippen LogP contribution in [-0.2, 0) is 4.74 Å². The number of likely N-dealkylation sites (tertiary alicyclic amines) is 1. The van der Waals surface area contributed by atoms with Crippen LogP contribution in [0.4, 0.5) is 4.79 Å². The van der Waals surface area contributed by atoms with Crippen LogP contribution in [0.5, 0.6) is 0 Å². The van der Waals surface area contributed by atoms with Crippen molar-refractivity contribution in [3.63, 3.8) is 0 Å². The van der Waals surface area contributed by atoms with Gasteiger partial charge in [0, 0.05) is 32.7 Å². The van der Waals surface area contributed by atoms with Crippen molar-refractivity contribution in [3.05, 3.63) is 0 Å². The molecule has 138 valence electrons. The molecule has 1 aliphatic heterocycles. The van der Waals surface area contributed by atoms with E-state index in [1.807, 2.05) is 14.0 Å². The number of guanidine groups is 1. The summed E-state index contributed by atoms with van der Waals surface area (Å²) in [6.07, 6.45) is 9.92. The second-order valence-corrected chi connectivity index (χ2v) is 6.90. The van der Waals surface area contributed by atoms with E-state index in [0.717, 1.165) is 44.4 Å². The number of carbonyl (C=O) groups excluding carboxylic acids is 1. The zero-order valence-electron chi connectivity index (χ0n) is 15.4. The van der Waals surface area contributed by atoms with Crippen LogP contribution in [-0.4, -0.2) is 56.3 Å². The number of ether oxygens (including phenoxy) is 1. The number of nitrogens with one attached hydrogen (secondary N) is 2. The summed E-state index contributed by atoms with van der Waals surface area (Å²) in [6, 6.07) is 0.372. The van der Waals surface area contributed by atoms with Crippen LogP contribution in [0.25, 0.3) is 0 Å².